The van der Waals surface area contributed by atoms with Crippen molar-refractivity contribution in [2.45, 2.75) is 25.3 Å². The number of hydrogen-bond acceptors (Lipinski definition) is 6. The molecule has 0 bridgehead atoms. The van der Waals surface area contributed by atoms with Crippen LogP contribution in [0.25, 0.3) is 0 Å². The molecule has 0 aliphatic carbocycles. The molecule has 1 heterocycles. The van der Waals surface area contributed by atoms with Crippen molar-refractivity contribution in [1.29, 1.82) is 0 Å². The van der Waals surface area contributed by atoms with E-state index in [1.54, 1.807) is 26.4 Å². The van der Waals surface area contributed by atoms with Crippen molar-refractivity contribution < 1.29 is 24.2 Å². The molecular weight excluding hydrogens is 440 g/mol. The molecule has 2 aromatic rings. The van der Waals surface area contributed by atoms with Gasteiger partial charge in [0.25, 0.3) is 0 Å². The quantitative estimate of drug-likeness (QED) is 0.634. The summed E-state index contributed by atoms with van der Waals surface area (Å²) in [6.07, 6.45) is -0.0924. The lowest BCUT2D eigenvalue weighted by Crippen LogP contribution is -2.30. The Morgan fingerprint density at radius 2 is 1.86 bits per heavy atom. The van der Waals surface area contributed by atoms with E-state index in [9.17, 15) is 14.7 Å². The maximum atomic E-state index is 12.8. The number of carbonyl (C=O) groups is 2. The second-order valence-corrected chi connectivity index (χ2v) is 7.41. The number of amides is 1. The molecule has 152 valence electrons. The van der Waals surface area contributed by atoms with Crippen molar-refractivity contribution in [3.05, 3.63) is 58.1 Å². The van der Waals surface area contributed by atoms with Gasteiger partial charge < -0.3 is 19.4 Å². The number of methoxy groups -OCH3 is 2. The van der Waals surface area contributed by atoms with Gasteiger partial charge in [-0.2, -0.15) is 5.10 Å². The molecule has 3 rings (SSSR count). The monoisotopic (exact) mass is 459 g/mol. The number of aliphatic carboxylic acids is 1. The fourth-order valence-corrected chi connectivity index (χ4v) is 3.49. The highest BCUT2D eigenvalue weighted by Crippen LogP contribution is 2.39. The molecule has 1 atom stereocenters. The molecule has 7 nitrogen and oxygen atoms in total. The smallest absolute Gasteiger partial charge is 0.243 e. The first-order valence-corrected chi connectivity index (χ1v) is 9.79. The number of carbonyl (C=O) groups excluding carboxylic acids is 2. The zero-order chi connectivity index (χ0) is 21.0. The Balaban J connectivity index is 1.99. The molecular formula is C21H20BrN2O5-. The van der Waals surface area contributed by atoms with Crippen LogP contribution in [0.15, 0.2) is 52.0 Å². The SMILES string of the molecule is COc1ccc(OC)c(C2CC(c3ccc(Br)cc3)=NN2C(=O)CCC(=O)[O-])c1. The van der Waals surface area contributed by atoms with Gasteiger partial charge in [-0.05, 0) is 42.3 Å². The Kier molecular flexibility index (Phi) is 6.53. The van der Waals surface area contributed by atoms with Gasteiger partial charge in [0.05, 0.1) is 26.0 Å². The number of nitrogens with zero attached hydrogens (tertiary/aromatic N) is 2. The van der Waals surface area contributed by atoms with E-state index in [1.807, 2.05) is 30.3 Å². The highest BCUT2D eigenvalue weighted by Gasteiger charge is 2.34. The number of ether oxygens (including phenoxy) is 2. The molecule has 0 spiro atoms. The molecule has 0 saturated carbocycles. The summed E-state index contributed by atoms with van der Waals surface area (Å²) in [6, 6.07) is 12.6. The second-order valence-electron chi connectivity index (χ2n) is 6.49. The third kappa shape index (κ3) is 4.76. The highest BCUT2D eigenvalue weighted by atomic mass is 79.9. The van der Waals surface area contributed by atoms with Crippen molar-refractivity contribution in [1.82, 2.24) is 5.01 Å². The first-order chi connectivity index (χ1) is 13.9. The predicted octanol–water partition coefficient (Wildman–Crippen LogP) is 2.67. The van der Waals surface area contributed by atoms with E-state index >= 15 is 0 Å². The van der Waals surface area contributed by atoms with E-state index in [0.29, 0.717) is 17.9 Å². The molecule has 2 aromatic carbocycles. The van der Waals surface area contributed by atoms with Gasteiger partial charge in [0, 0.05) is 28.8 Å². The zero-order valence-electron chi connectivity index (χ0n) is 16.1. The second kappa shape index (κ2) is 9.09. The van der Waals surface area contributed by atoms with Crippen LogP contribution >= 0.6 is 15.9 Å². The van der Waals surface area contributed by atoms with Gasteiger partial charge in [0.1, 0.15) is 11.5 Å². The van der Waals surface area contributed by atoms with E-state index in [1.165, 1.54) is 5.01 Å². The number of halogens is 1. The first-order valence-electron chi connectivity index (χ1n) is 9.00. The third-order valence-corrected chi connectivity index (χ3v) is 5.21. The zero-order valence-corrected chi connectivity index (χ0v) is 17.6. The summed E-state index contributed by atoms with van der Waals surface area (Å²) in [5, 5.41) is 16.7. The van der Waals surface area contributed by atoms with Crippen LogP contribution in [-0.4, -0.2) is 36.8 Å². The summed E-state index contributed by atoms with van der Waals surface area (Å²) in [4.78, 5) is 23.6. The standard InChI is InChI=1S/C21H21BrN2O5/c1-28-15-7-8-19(29-2)16(11-15)18-12-17(13-3-5-14(22)6-4-13)23-24(18)20(25)9-10-21(26)27/h3-8,11,18H,9-10,12H2,1-2H3,(H,26,27)/p-1. The van der Waals surface area contributed by atoms with Crippen molar-refractivity contribution in [2.24, 2.45) is 5.10 Å². The van der Waals surface area contributed by atoms with Crippen molar-refractivity contribution in [3.63, 3.8) is 0 Å². The van der Waals surface area contributed by atoms with Crippen LogP contribution in [0.1, 0.15) is 36.4 Å². The van der Waals surface area contributed by atoms with Gasteiger partial charge in [-0.1, -0.05) is 28.1 Å². The summed E-state index contributed by atoms with van der Waals surface area (Å²) in [5.74, 6) is -0.442. The fraction of sp³-hybridized carbons (Fsp3) is 0.286. The summed E-state index contributed by atoms with van der Waals surface area (Å²) >= 11 is 3.41. The molecule has 1 amide bonds. The summed E-state index contributed by atoms with van der Waals surface area (Å²) in [7, 11) is 3.12. The highest BCUT2D eigenvalue weighted by molar-refractivity contribution is 9.10. The minimum absolute atomic E-state index is 0.192. The molecule has 8 heteroatoms. The number of carboxylic acid groups (broad SMARTS) is 1. The van der Waals surface area contributed by atoms with E-state index in [2.05, 4.69) is 21.0 Å². The Morgan fingerprint density at radius 3 is 2.48 bits per heavy atom. The van der Waals surface area contributed by atoms with Crippen LogP contribution in [-0.2, 0) is 9.59 Å². The van der Waals surface area contributed by atoms with Gasteiger partial charge in [0.15, 0.2) is 0 Å². The van der Waals surface area contributed by atoms with Gasteiger partial charge in [-0.3, -0.25) is 4.79 Å². The first kappa shape index (κ1) is 20.9. The van der Waals surface area contributed by atoms with Crippen molar-refractivity contribution in [2.75, 3.05) is 14.2 Å². The number of benzene rings is 2. The minimum atomic E-state index is -1.27. The molecule has 0 aromatic heterocycles. The van der Waals surface area contributed by atoms with Crippen molar-refractivity contribution in [3.8, 4) is 11.5 Å². The Hall–Kier alpha value is -2.87. The van der Waals surface area contributed by atoms with Crippen LogP contribution in [0.4, 0.5) is 0 Å². The molecule has 1 unspecified atom stereocenters. The Morgan fingerprint density at radius 1 is 1.14 bits per heavy atom. The van der Waals surface area contributed by atoms with E-state index in [0.717, 1.165) is 21.3 Å². The topological polar surface area (TPSA) is 91.3 Å². The van der Waals surface area contributed by atoms with E-state index in [4.69, 9.17) is 9.47 Å². The molecule has 1 aliphatic rings. The molecule has 0 fully saturated rings. The van der Waals surface area contributed by atoms with Gasteiger partial charge in [-0.15, -0.1) is 0 Å². The average molecular weight is 460 g/mol. The normalized spacial score (nSPS) is 15.8. The number of rotatable bonds is 7. The van der Waals surface area contributed by atoms with Crippen LogP contribution in [0, 0.1) is 0 Å². The predicted molar refractivity (Wildman–Crippen MR) is 109 cm³/mol. The lowest BCUT2D eigenvalue weighted by Gasteiger charge is -2.24. The van der Waals surface area contributed by atoms with Crippen molar-refractivity contribution >= 4 is 33.5 Å². The lowest BCUT2D eigenvalue weighted by atomic mass is 9.97. The third-order valence-electron chi connectivity index (χ3n) is 4.68. The van der Waals surface area contributed by atoms with Crippen LogP contribution < -0.4 is 14.6 Å². The fourth-order valence-electron chi connectivity index (χ4n) is 3.22. The van der Waals surface area contributed by atoms with Gasteiger partial charge in [0.2, 0.25) is 5.91 Å². The molecule has 0 saturated heterocycles. The maximum Gasteiger partial charge on any atom is 0.243 e. The largest absolute Gasteiger partial charge is 0.550 e. The van der Waals surface area contributed by atoms with Crippen LogP contribution in [0.3, 0.4) is 0 Å². The lowest BCUT2D eigenvalue weighted by molar-refractivity contribution is -0.305. The maximum absolute atomic E-state index is 12.8. The summed E-state index contributed by atoms with van der Waals surface area (Å²) < 4.78 is 11.7. The Labute approximate surface area is 177 Å². The summed E-state index contributed by atoms with van der Waals surface area (Å²) in [6.45, 7) is 0. The van der Waals surface area contributed by atoms with Crippen LogP contribution in [0.2, 0.25) is 0 Å². The van der Waals surface area contributed by atoms with Gasteiger partial charge >= 0.3 is 0 Å². The minimum Gasteiger partial charge on any atom is -0.550 e. The average Bonchev–Trinajstić information content (AvgIpc) is 3.17. The molecule has 29 heavy (non-hydrogen) atoms. The number of carboxylic acids is 1. The summed E-state index contributed by atoms with van der Waals surface area (Å²) in [5.41, 5.74) is 2.36. The number of hydrazone groups is 1. The molecule has 0 N–H and O–H groups in total. The number of hydrogen-bond donors (Lipinski definition) is 0. The van der Waals surface area contributed by atoms with Gasteiger partial charge in [-0.25, -0.2) is 5.01 Å². The Bertz CT molecular complexity index is 943. The van der Waals surface area contributed by atoms with E-state index in [-0.39, 0.29) is 12.8 Å². The molecule has 0 radical (unpaired) electrons. The van der Waals surface area contributed by atoms with Crippen LogP contribution in [0.5, 0.6) is 11.5 Å². The molecule has 1 aliphatic heterocycles. The van der Waals surface area contributed by atoms with E-state index < -0.39 is 17.9 Å².